The van der Waals surface area contributed by atoms with E-state index in [1.54, 1.807) is 6.20 Å². The maximum absolute atomic E-state index is 6.15. The summed E-state index contributed by atoms with van der Waals surface area (Å²) in [5.41, 5.74) is 9.91. The molecule has 0 atom stereocenters. The largest absolute Gasteiger partial charge is 0.369 e. The number of rotatable bonds is 1. The number of nitrogens with zero attached hydrogens (tertiary/aromatic N) is 3. The summed E-state index contributed by atoms with van der Waals surface area (Å²) in [5.74, 6) is 0.477. The molecule has 5 heteroatoms. The van der Waals surface area contributed by atoms with Crippen molar-refractivity contribution in [2.45, 2.75) is 0 Å². The van der Waals surface area contributed by atoms with Crippen LogP contribution in [0, 0.1) is 3.57 Å². The molecule has 4 nitrogen and oxygen atoms in total. The smallest absolute Gasteiger partial charge is 0.206 e. The highest BCUT2D eigenvalue weighted by molar-refractivity contribution is 14.1. The van der Waals surface area contributed by atoms with E-state index in [1.807, 2.05) is 34.9 Å². The highest BCUT2D eigenvalue weighted by Gasteiger charge is 2.13. The Morgan fingerprint density at radius 2 is 1.86 bits per heavy atom. The standard InChI is InChI=1S/C16H11IN4/c17-10-4-3-5-11(8-10)21-15-12-6-1-2-7-13(12)19-9-14(15)20-16(21)18/h1-9H,(H2,18,20). The molecule has 0 spiro atoms. The van der Waals surface area contributed by atoms with Crippen LogP contribution in [0.5, 0.6) is 0 Å². The first-order chi connectivity index (χ1) is 10.2. The summed E-state index contributed by atoms with van der Waals surface area (Å²) in [6.07, 6.45) is 1.78. The van der Waals surface area contributed by atoms with E-state index in [2.05, 4.69) is 50.8 Å². The highest BCUT2D eigenvalue weighted by Crippen LogP contribution is 2.29. The van der Waals surface area contributed by atoms with Gasteiger partial charge in [0.15, 0.2) is 0 Å². The van der Waals surface area contributed by atoms with Crippen molar-refractivity contribution in [2.24, 2.45) is 0 Å². The molecule has 0 aliphatic rings. The zero-order chi connectivity index (χ0) is 14.4. The van der Waals surface area contributed by atoms with Gasteiger partial charge in [-0.25, -0.2) is 4.98 Å². The lowest BCUT2D eigenvalue weighted by molar-refractivity contribution is 1.11. The van der Waals surface area contributed by atoms with E-state index in [1.165, 1.54) is 0 Å². The number of hydrogen-bond donors (Lipinski definition) is 1. The Kier molecular flexibility index (Phi) is 2.81. The lowest BCUT2D eigenvalue weighted by atomic mass is 10.2. The zero-order valence-electron chi connectivity index (χ0n) is 11.0. The Labute approximate surface area is 134 Å². The minimum atomic E-state index is 0.477. The predicted octanol–water partition coefficient (Wildman–Crippen LogP) is 3.76. The third-order valence-corrected chi connectivity index (χ3v) is 4.15. The molecule has 2 N–H and O–H groups in total. The van der Waals surface area contributed by atoms with Crippen molar-refractivity contribution in [1.29, 1.82) is 0 Å². The maximum Gasteiger partial charge on any atom is 0.206 e. The minimum Gasteiger partial charge on any atom is -0.369 e. The molecule has 4 aromatic rings. The average Bonchev–Trinajstić information content (AvgIpc) is 2.83. The third-order valence-electron chi connectivity index (χ3n) is 3.48. The first kappa shape index (κ1) is 12.6. The SMILES string of the molecule is Nc1nc2cnc3ccccc3c2n1-c1cccc(I)c1. The minimum absolute atomic E-state index is 0.477. The van der Waals surface area contributed by atoms with Crippen LogP contribution in [-0.2, 0) is 0 Å². The lowest BCUT2D eigenvalue weighted by Crippen LogP contribution is -2.01. The van der Waals surface area contributed by atoms with Crippen molar-refractivity contribution in [3.05, 3.63) is 58.3 Å². The quantitative estimate of drug-likeness (QED) is 0.507. The molecule has 2 aromatic heterocycles. The molecule has 2 heterocycles. The molecular formula is C16H11IN4. The Balaban J connectivity index is 2.17. The molecule has 0 aliphatic heterocycles. The van der Waals surface area contributed by atoms with Crippen LogP contribution in [-0.4, -0.2) is 14.5 Å². The van der Waals surface area contributed by atoms with Crippen LogP contribution in [0.25, 0.3) is 27.6 Å². The van der Waals surface area contributed by atoms with Gasteiger partial charge in [0.05, 0.1) is 22.9 Å². The topological polar surface area (TPSA) is 56.7 Å². The number of fused-ring (bicyclic) bond motifs is 3. The zero-order valence-corrected chi connectivity index (χ0v) is 13.2. The first-order valence-corrected chi connectivity index (χ1v) is 7.59. The normalized spacial score (nSPS) is 11.3. The van der Waals surface area contributed by atoms with Crippen LogP contribution in [0.3, 0.4) is 0 Å². The molecule has 0 saturated carbocycles. The molecule has 4 rings (SSSR count). The summed E-state index contributed by atoms with van der Waals surface area (Å²) < 4.78 is 3.14. The van der Waals surface area contributed by atoms with Crippen molar-refractivity contribution in [1.82, 2.24) is 14.5 Å². The van der Waals surface area contributed by atoms with Crippen LogP contribution in [0.1, 0.15) is 0 Å². The number of imidazole rings is 1. The van der Waals surface area contributed by atoms with Crippen molar-refractivity contribution >= 4 is 50.5 Å². The fourth-order valence-electron chi connectivity index (χ4n) is 2.60. The number of hydrogen-bond acceptors (Lipinski definition) is 3. The van der Waals surface area contributed by atoms with Crippen LogP contribution in [0.4, 0.5) is 5.95 Å². The number of anilines is 1. The lowest BCUT2D eigenvalue weighted by Gasteiger charge is -2.08. The molecule has 0 amide bonds. The fraction of sp³-hybridized carbons (Fsp3) is 0. The summed E-state index contributed by atoms with van der Waals surface area (Å²) in [5, 5.41) is 1.05. The van der Waals surface area contributed by atoms with E-state index in [9.17, 15) is 0 Å². The van der Waals surface area contributed by atoms with Gasteiger partial charge in [0.1, 0.15) is 5.52 Å². The number of para-hydroxylation sites is 1. The van der Waals surface area contributed by atoms with E-state index in [-0.39, 0.29) is 0 Å². The monoisotopic (exact) mass is 386 g/mol. The molecule has 0 fully saturated rings. The molecular weight excluding hydrogens is 375 g/mol. The number of benzene rings is 2. The van der Waals surface area contributed by atoms with Gasteiger partial charge in [-0.2, -0.15) is 0 Å². The van der Waals surface area contributed by atoms with Gasteiger partial charge < -0.3 is 5.73 Å². The van der Waals surface area contributed by atoms with Crippen LogP contribution < -0.4 is 5.73 Å². The summed E-state index contributed by atoms with van der Waals surface area (Å²) in [6, 6.07) is 16.2. The molecule has 21 heavy (non-hydrogen) atoms. The van der Waals surface area contributed by atoms with Gasteiger partial charge in [-0.3, -0.25) is 9.55 Å². The molecule has 0 saturated heterocycles. The predicted molar refractivity (Wildman–Crippen MR) is 93.5 cm³/mol. The number of nitrogen functional groups attached to an aromatic ring is 1. The molecule has 0 aliphatic carbocycles. The van der Waals surface area contributed by atoms with Crippen molar-refractivity contribution in [3.8, 4) is 5.69 Å². The Morgan fingerprint density at radius 3 is 2.71 bits per heavy atom. The van der Waals surface area contributed by atoms with E-state index in [0.717, 1.165) is 31.2 Å². The highest BCUT2D eigenvalue weighted by atomic mass is 127. The fourth-order valence-corrected chi connectivity index (χ4v) is 3.12. The Bertz CT molecular complexity index is 975. The summed E-state index contributed by atoms with van der Waals surface area (Å²) in [4.78, 5) is 8.89. The summed E-state index contributed by atoms with van der Waals surface area (Å²) in [7, 11) is 0. The van der Waals surface area contributed by atoms with Gasteiger partial charge in [-0.15, -0.1) is 0 Å². The van der Waals surface area contributed by atoms with Gasteiger partial charge in [-0.1, -0.05) is 24.3 Å². The number of pyridine rings is 1. The second kappa shape index (κ2) is 4.70. The average molecular weight is 386 g/mol. The van der Waals surface area contributed by atoms with Crippen molar-refractivity contribution < 1.29 is 0 Å². The molecule has 0 bridgehead atoms. The van der Waals surface area contributed by atoms with Gasteiger partial charge in [0.25, 0.3) is 0 Å². The van der Waals surface area contributed by atoms with Gasteiger partial charge in [0.2, 0.25) is 5.95 Å². The van der Waals surface area contributed by atoms with Crippen LogP contribution in [0.2, 0.25) is 0 Å². The van der Waals surface area contributed by atoms with E-state index in [4.69, 9.17) is 5.73 Å². The Morgan fingerprint density at radius 1 is 1.00 bits per heavy atom. The number of nitrogens with two attached hydrogens (primary N) is 1. The molecule has 0 unspecified atom stereocenters. The van der Waals surface area contributed by atoms with Crippen LogP contribution >= 0.6 is 22.6 Å². The first-order valence-electron chi connectivity index (χ1n) is 6.51. The number of aromatic nitrogens is 3. The summed E-state index contributed by atoms with van der Waals surface area (Å²) in [6.45, 7) is 0. The maximum atomic E-state index is 6.15. The molecule has 2 aromatic carbocycles. The second-order valence-corrected chi connectivity index (χ2v) is 6.04. The summed E-state index contributed by atoms with van der Waals surface area (Å²) >= 11 is 2.30. The third kappa shape index (κ3) is 1.96. The number of halogens is 1. The van der Waals surface area contributed by atoms with Gasteiger partial charge >= 0.3 is 0 Å². The van der Waals surface area contributed by atoms with E-state index in [0.29, 0.717) is 5.95 Å². The van der Waals surface area contributed by atoms with Gasteiger partial charge in [-0.05, 0) is 46.9 Å². The molecule has 102 valence electrons. The second-order valence-electron chi connectivity index (χ2n) is 4.79. The Hall–Kier alpha value is -2.15. The van der Waals surface area contributed by atoms with Crippen LogP contribution in [0.15, 0.2) is 54.7 Å². The van der Waals surface area contributed by atoms with Crippen molar-refractivity contribution in [2.75, 3.05) is 5.73 Å². The van der Waals surface area contributed by atoms with Crippen molar-refractivity contribution in [3.63, 3.8) is 0 Å². The molecule has 0 radical (unpaired) electrons. The van der Waals surface area contributed by atoms with E-state index >= 15 is 0 Å². The van der Waals surface area contributed by atoms with E-state index < -0.39 is 0 Å². The van der Waals surface area contributed by atoms with Gasteiger partial charge in [0, 0.05) is 8.96 Å².